The van der Waals surface area contributed by atoms with Gasteiger partial charge in [0.05, 0.1) is 6.42 Å². The first-order valence-electron chi connectivity index (χ1n) is 9.34. The van der Waals surface area contributed by atoms with E-state index in [-0.39, 0.29) is 18.1 Å². The second-order valence-corrected chi connectivity index (χ2v) is 6.69. The number of rotatable bonds is 7. The Morgan fingerprint density at radius 2 is 1.83 bits per heavy atom. The third-order valence-electron chi connectivity index (χ3n) is 4.56. The van der Waals surface area contributed by atoms with Crippen LogP contribution in [0.5, 0.6) is 0 Å². The summed E-state index contributed by atoms with van der Waals surface area (Å²) >= 11 is 0. The van der Waals surface area contributed by atoms with Crippen LogP contribution in [0.2, 0.25) is 0 Å². The standard InChI is InChI=1S/C22H20FN5O/c23-17-5-3-4-15(12-17)13-22(29)26-21-9-8-20(27-28-21)24-11-10-16-14-25-19-7-2-1-6-18(16)19/h1-9,12,14,25H,10-11,13H2,(H,24,27)(H,26,28,29). The number of anilines is 2. The quantitative estimate of drug-likeness (QED) is 0.447. The highest BCUT2D eigenvalue weighted by atomic mass is 19.1. The molecule has 146 valence electrons. The minimum atomic E-state index is -0.363. The van der Waals surface area contributed by atoms with Gasteiger partial charge in [-0.05, 0) is 47.9 Å². The minimum Gasteiger partial charge on any atom is -0.368 e. The molecule has 2 aromatic carbocycles. The van der Waals surface area contributed by atoms with E-state index in [1.807, 2.05) is 18.3 Å². The van der Waals surface area contributed by atoms with Crippen molar-refractivity contribution >= 4 is 28.4 Å². The lowest BCUT2D eigenvalue weighted by atomic mass is 10.1. The molecule has 4 rings (SSSR count). The second kappa shape index (κ2) is 8.52. The molecule has 0 atom stereocenters. The molecule has 6 nitrogen and oxygen atoms in total. The fourth-order valence-corrected chi connectivity index (χ4v) is 3.18. The number of para-hydroxylation sites is 1. The van der Waals surface area contributed by atoms with E-state index in [0.29, 0.717) is 23.7 Å². The normalized spacial score (nSPS) is 10.8. The zero-order valence-electron chi connectivity index (χ0n) is 15.7. The zero-order chi connectivity index (χ0) is 20.1. The van der Waals surface area contributed by atoms with Crippen molar-refractivity contribution in [3.05, 3.63) is 83.8 Å². The van der Waals surface area contributed by atoms with Gasteiger partial charge in [-0.1, -0.05) is 30.3 Å². The van der Waals surface area contributed by atoms with E-state index in [0.717, 1.165) is 11.9 Å². The van der Waals surface area contributed by atoms with Crippen molar-refractivity contribution in [1.82, 2.24) is 15.2 Å². The van der Waals surface area contributed by atoms with E-state index in [1.54, 1.807) is 24.3 Å². The maximum atomic E-state index is 13.2. The van der Waals surface area contributed by atoms with Crippen molar-refractivity contribution in [1.29, 1.82) is 0 Å². The second-order valence-electron chi connectivity index (χ2n) is 6.69. The Morgan fingerprint density at radius 3 is 2.66 bits per heavy atom. The van der Waals surface area contributed by atoms with E-state index in [2.05, 4.69) is 37.9 Å². The molecule has 2 heterocycles. The van der Waals surface area contributed by atoms with Gasteiger partial charge in [0.1, 0.15) is 11.6 Å². The fraction of sp³-hybridized carbons (Fsp3) is 0.136. The average molecular weight is 389 g/mol. The number of fused-ring (bicyclic) bond motifs is 1. The van der Waals surface area contributed by atoms with Gasteiger partial charge in [-0.25, -0.2) is 4.39 Å². The van der Waals surface area contributed by atoms with Gasteiger partial charge < -0.3 is 15.6 Å². The van der Waals surface area contributed by atoms with Crippen LogP contribution < -0.4 is 10.6 Å². The third kappa shape index (κ3) is 4.76. The van der Waals surface area contributed by atoms with Gasteiger partial charge in [-0.2, -0.15) is 0 Å². The van der Waals surface area contributed by atoms with E-state index < -0.39 is 0 Å². The molecule has 0 unspecified atom stereocenters. The van der Waals surface area contributed by atoms with Crippen LogP contribution in [-0.2, 0) is 17.6 Å². The number of carbonyl (C=O) groups is 1. The Balaban J connectivity index is 1.28. The van der Waals surface area contributed by atoms with Crippen LogP contribution in [0.3, 0.4) is 0 Å². The van der Waals surface area contributed by atoms with E-state index >= 15 is 0 Å². The Labute approximate surface area is 167 Å². The Morgan fingerprint density at radius 1 is 1.00 bits per heavy atom. The minimum absolute atomic E-state index is 0.0735. The van der Waals surface area contributed by atoms with Crippen molar-refractivity contribution in [2.75, 3.05) is 17.2 Å². The van der Waals surface area contributed by atoms with Crippen molar-refractivity contribution in [2.45, 2.75) is 12.8 Å². The number of H-pyrrole nitrogens is 1. The van der Waals surface area contributed by atoms with Gasteiger partial charge in [0, 0.05) is 23.6 Å². The zero-order valence-corrected chi connectivity index (χ0v) is 15.7. The van der Waals surface area contributed by atoms with Crippen LogP contribution in [0.15, 0.2) is 66.9 Å². The first-order valence-corrected chi connectivity index (χ1v) is 9.34. The number of halogens is 1. The number of hydrogen-bond donors (Lipinski definition) is 3. The number of nitrogens with one attached hydrogen (secondary N) is 3. The summed E-state index contributed by atoms with van der Waals surface area (Å²) in [7, 11) is 0. The number of hydrogen-bond acceptors (Lipinski definition) is 4. The number of amides is 1. The van der Waals surface area contributed by atoms with Gasteiger partial charge in [-0.15, -0.1) is 10.2 Å². The van der Waals surface area contributed by atoms with Crippen LogP contribution in [0.25, 0.3) is 10.9 Å². The molecular formula is C22H20FN5O. The summed E-state index contributed by atoms with van der Waals surface area (Å²) in [6.45, 7) is 0.710. The monoisotopic (exact) mass is 389 g/mol. The molecule has 0 radical (unpaired) electrons. The summed E-state index contributed by atoms with van der Waals surface area (Å²) in [5.41, 5.74) is 2.97. The summed E-state index contributed by atoms with van der Waals surface area (Å²) < 4.78 is 13.2. The van der Waals surface area contributed by atoms with Gasteiger partial charge in [0.15, 0.2) is 5.82 Å². The molecule has 0 aliphatic heterocycles. The molecule has 0 spiro atoms. The van der Waals surface area contributed by atoms with Gasteiger partial charge in [0.2, 0.25) is 5.91 Å². The van der Waals surface area contributed by atoms with Gasteiger partial charge in [0.25, 0.3) is 0 Å². The number of aromatic nitrogens is 3. The first-order chi connectivity index (χ1) is 14.2. The molecule has 4 aromatic rings. The van der Waals surface area contributed by atoms with Crippen molar-refractivity contribution in [3.8, 4) is 0 Å². The lowest BCUT2D eigenvalue weighted by Gasteiger charge is -2.07. The van der Waals surface area contributed by atoms with Crippen LogP contribution in [-0.4, -0.2) is 27.6 Å². The molecule has 29 heavy (non-hydrogen) atoms. The number of aromatic amines is 1. The molecule has 0 bridgehead atoms. The van der Waals surface area contributed by atoms with Gasteiger partial charge in [-0.3, -0.25) is 4.79 Å². The van der Waals surface area contributed by atoms with Crippen LogP contribution >= 0.6 is 0 Å². The van der Waals surface area contributed by atoms with E-state index in [4.69, 9.17) is 0 Å². The average Bonchev–Trinajstić information content (AvgIpc) is 3.12. The highest BCUT2D eigenvalue weighted by Gasteiger charge is 2.07. The summed E-state index contributed by atoms with van der Waals surface area (Å²) in [6, 6.07) is 17.6. The molecule has 0 saturated heterocycles. The van der Waals surface area contributed by atoms with Crippen LogP contribution in [0, 0.1) is 5.82 Å². The predicted molar refractivity (Wildman–Crippen MR) is 111 cm³/mol. The molecule has 0 aliphatic rings. The molecule has 0 fully saturated rings. The smallest absolute Gasteiger partial charge is 0.229 e. The Kier molecular flexibility index (Phi) is 5.47. The molecule has 7 heteroatoms. The fourth-order valence-electron chi connectivity index (χ4n) is 3.18. The highest BCUT2D eigenvalue weighted by molar-refractivity contribution is 5.91. The van der Waals surface area contributed by atoms with Crippen molar-refractivity contribution in [3.63, 3.8) is 0 Å². The largest absolute Gasteiger partial charge is 0.368 e. The van der Waals surface area contributed by atoms with Crippen LogP contribution in [0.4, 0.5) is 16.0 Å². The number of carbonyl (C=O) groups excluding carboxylic acids is 1. The summed E-state index contributed by atoms with van der Waals surface area (Å²) in [5.74, 6) is 0.352. The maximum Gasteiger partial charge on any atom is 0.229 e. The lowest BCUT2D eigenvalue weighted by molar-refractivity contribution is -0.115. The topological polar surface area (TPSA) is 82.7 Å². The molecule has 0 aliphatic carbocycles. The van der Waals surface area contributed by atoms with Crippen molar-refractivity contribution in [2.24, 2.45) is 0 Å². The number of benzene rings is 2. The van der Waals surface area contributed by atoms with E-state index in [1.165, 1.54) is 23.1 Å². The summed E-state index contributed by atoms with van der Waals surface area (Å²) in [4.78, 5) is 15.3. The Bertz CT molecular complexity index is 1120. The SMILES string of the molecule is O=C(Cc1cccc(F)c1)Nc1ccc(NCCc2c[nH]c3ccccc23)nn1. The molecule has 1 amide bonds. The Hall–Kier alpha value is -3.74. The first kappa shape index (κ1) is 18.6. The third-order valence-corrected chi connectivity index (χ3v) is 4.56. The van der Waals surface area contributed by atoms with Crippen LogP contribution in [0.1, 0.15) is 11.1 Å². The molecular weight excluding hydrogens is 369 g/mol. The number of nitrogens with zero attached hydrogens (tertiary/aromatic N) is 2. The summed E-state index contributed by atoms with van der Waals surface area (Å²) in [6.07, 6.45) is 2.94. The van der Waals surface area contributed by atoms with E-state index in [9.17, 15) is 9.18 Å². The highest BCUT2D eigenvalue weighted by Crippen LogP contribution is 2.18. The summed E-state index contributed by atoms with van der Waals surface area (Å²) in [5, 5.41) is 15.2. The molecule has 3 N–H and O–H groups in total. The molecule has 2 aromatic heterocycles. The maximum absolute atomic E-state index is 13.2. The predicted octanol–water partition coefficient (Wildman–Crippen LogP) is 3.93. The van der Waals surface area contributed by atoms with Gasteiger partial charge >= 0.3 is 0 Å². The van der Waals surface area contributed by atoms with Crippen molar-refractivity contribution < 1.29 is 9.18 Å². The lowest BCUT2D eigenvalue weighted by Crippen LogP contribution is -2.16. The molecule has 0 saturated carbocycles.